The third-order valence-corrected chi connectivity index (χ3v) is 2.71. The number of halogens is 1. The minimum Gasteiger partial charge on any atom is -0.381 e. The summed E-state index contributed by atoms with van der Waals surface area (Å²) in [6.07, 6.45) is 0.971. The Bertz CT molecular complexity index is 428. The molecule has 1 fully saturated rings. The Labute approximate surface area is 100 Å². The van der Waals surface area contributed by atoms with Crippen molar-refractivity contribution in [3.05, 3.63) is 35.6 Å². The van der Waals surface area contributed by atoms with Crippen LogP contribution in [0.15, 0.2) is 24.3 Å². The number of hydrogen-bond donors (Lipinski definition) is 1. The zero-order valence-electron chi connectivity index (χ0n) is 9.69. The van der Waals surface area contributed by atoms with Gasteiger partial charge in [0.15, 0.2) is 0 Å². The highest BCUT2D eigenvalue weighted by atomic mass is 19.1. The minimum atomic E-state index is -0.622. The van der Waals surface area contributed by atoms with Gasteiger partial charge in [0.25, 0.3) is 0 Å². The fourth-order valence-electron chi connectivity index (χ4n) is 1.88. The molecule has 0 radical (unpaired) electrons. The average Bonchev–Trinajstić information content (AvgIpc) is 2.76. The van der Waals surface area contributed by atoms with Gasteiger partial charge in [-0.2, -0.15) is 0 Å². The highest BCUT2D eigenvalue weighted by Crippen LogP contribution is 2.32. The van der Waals surface area contributed by atoms with Gasteiger partial charge in [-0.1, -0.05) is 24.0 Å². The highest BCUT2D eigenvalue weighted by molar-refractivity contribution is 5.21. The Morgan fingerprint density at radius 2 is 2.06 bits per heavy atom. The number of rotatable bonds is 1. The molecule has 0 spiro atoms. The van der Waals surface area contributed by atoms with Gasteiger partial charge in [0.2, 0.25) is 0 Å². The van der Waals surface area contributed by atoms with Crippen molar-refractivity contribution in [2.45, 2.75) is 38.1 Å². The lowest BCUT2D eigenvalue weighted by atomic mass is 10.1. The first-order chi connectivity index (χ1) is 8.15. The van der Waals surface area contributed by atoms with Gasteiger partial charge in [0, 0.05) is 0 Å². The summed E-state index contributed by atoms with van der Waals surface area (Å²) in [5, 5.41) is 9.06. The number of hydrogen-bond acceptors (Lipinski definition) is 2. The van der Waals surface area contributed by atoms with Crippen LogP contribution in [0.25, 0.3) is 0 Å². The molecular weight excluding hydrogens is 219 g/mol. The molecule has 0 saturated carbocycles. The molecule has 0 amide bonds. The molecule has 3 atom stereocenters. The topological polar surface area (TPSA) is 29.5 Å². The van der Waals surface area contributed by atoms with Crippen LogP contribution in [0.5, 0.6) is 0 Å². The molecule has 1 N–H and O–H groups in total. The largest absolute Gasteiger partial charge is 0.381 e. The minimum absolute atomic E-state index is 0.0103. The van der Waals surface area contributed by atoms with Crippen molar-refractivity contribution < 1.29 is 14.2 Å². The number of ether oxygens (including phenoxy) is 1. The number of aliphatic hydroxyl groups is 1. The van der Waals surface area contributed by atoms with Gasteiger partial charge in [0.1, 0.15) is 18.0 Å². The van der Waals surface area contributed by atoms with Crippen LogP contribution in [0.1, 0.15) is 31.4 Å². The van der Waals surface area contributed by atoms with Gasteiger partial charge in [-0.05, 0) is 37.5 Å². The summed E-state index contributed by atoms with van der Waals surface area (Å²) in [4.78, 5) is 0. The summed E-state index contributed by atoms with van der Waals surface area (Å²) < 4.78 is 18.5. The second-order valence-electron chi connectivity index (χ2n) is 4.21. The van der Waals surface area contributed by atoms with E-state index < -0.39 is 6.10 Å². The summed E-state index contributed by atoms with van der Waals surface area (Å²) in [5.74, 6) is 5.35. The maximum atomic E-state index is 12.8. The van der Waals surface area contributed by atoms with Gasteiger partial charge in [0.05, 0.1) is 6.10 Å². The lowest BCUT2D eigenvalue weighted by molar-refractivity contribution is 0.0758. The van der Waals surface area contributed by atoms with E-state index in [1.165, 1.54) is 12.1 Å². The molecule has 1 aliphatic rings. The van der Waals surface area contributed by atoms with E-state index in [4.69, 9.17) is 9.84 Å². The molecule has 2 unspecified atom stereocenters. The molecule has 1 saturated heterocycles. The molecule has 90 valence electrons. The van der Waals surface area contributed by atoms with Gasteiger partial charge < -0.3 is 9.84 Å². The van der Waals surface area contributed by atoms with Crippen LogP contribution < -0.4 is 0 Å². The zero-order valence-corrected chi connectivity index (χ0v) is 9.69. The Morgan fingerprint density at radius 3 is 2.71 bits per heavy atom. The van der Waals surface area contributed by atoms with E-state index in [9.17, 15) is 4.39 Å². The van der Waals surface area contributed by atoms with Crippen LogP contribution in [-0.4, -0.2) is 17.3 Å². The Balaban J connectivity index is 1.99. The van der Waals surface area contributed by atoms with E-state index in [1.807, 2.05) is 0 Å². The lowest BCUT2D eigenvalue weighted by Gasteiger charge is -2.10. The van der Waals surface area contributed by atoms with Crippen LogP contribution in [0, 0.1) is 17.7 Å². The molecule has 3 heteroatoms. The first kappa shape index (κ1) is 12.1. The molecule has 1 aliphatic heterocycles. The van der Waals surface area contributed by atoms with Gasteiger partial charge >= 0.3 is 0 Å². The molecule has 2 nitrogen and oxygen atoms in total. The average molecular weight is 234 g/mol. The monoisotopic (exact) mass is 234 g/mol. The molecular formula is C14H15FO2. The van der Waals surface area contributed by atoms with E-state index in [1.54, 1.807) is 19.1 Å². The summed E-state index contributed by atoms with van der Waals surface area (Å²) in [5.41, 5.74) is 0.979. The van der Waals surface area contributed by atoms with Gasteiger partial charge in [-0.25, -0.2) is 4.39 Å². The molecule has 1 heterocycles. The lowest BCUT2D eigenvalue weighted by Crippen LogP contribution is -2.05. The predicted molar refractivity (Wildman–Crippen MR) is 62.7 cm³/mol. The van der Waals surface area contributed by atoms with E-state index in [0.29, 0.717) is 0 Å². The second-order valence-corrected chi connectivity index (χ2v) is 4.21. The van der Waals surface area contributed by atoms with Crippen molar-refractivity contribution in [1.29, 1.82) is 0 Å². The molecule has 0 aromatic heterocycles. The third-order valence-electron chi connectivity index (χ3n) is 2.71. The van der Waals surface area contributed by atoms with E-state index in [-0.39, 0.29) is 18.0 Å². The molecule has 1 aromatic carbocycles. The second kappa shape index (κ2) is 5.31. The summed E-state index contributed by atoms with van der Waals surface area (Å²) in [6, 6.07) is 6.36. The Hall–Kier alpha value is -1.37. The van der Waals surface area contributed by atoms with Crippen molar-refractivity contribution in [3.63, 3.8) is 0 Å². The smallest absolute Gasteiger partial charge is 0.123 e. The SMILES string of the molecule is CC(O)C#CC1CC[C@H](c2ccc(F)cc2)O1. The molecule has 0 bridgehead atoms. The summed E-state index contributed by atoms with van der Waals surface area (Å²) in [6.45, 7) is 1.62. The maximum Gasteiger partial charge on any atom is 0.123 e. The Morgan fingerprint density at radius 1 is 1.35 bits per heavy atom. The van der Waals surface area contributed by atoms with Crippen molar-refractivity contribution >= 4 is 0 Å². The summed E-state index contributed by atoms with van der Waals surface area (Å²) >= 11 is 0. The van der Waals surface area contributed by atoms with Crippen LogP contribution >= 0.6 is 0 Å². The van der Waals surface area contributed by atoms with Crippen LogP contribution in [0.3, 0.4) is 0 Å². The zero-order chi connectivity index (χ0) is 12.3. The molecule has 2 rings (SSSR count). The van der Waals surface area contributed by atoms with Crippen molar-refractivity contribution in [1.82, 2.24) is 0 Å². The van der Waals surface area contributed by atoms with Gasteiger partial charge in [-0.15, -0.1) is 0 Å². The number of aliphatic hydroxyl groups excluding tert-OH is 1. The fourth-order valence-corrected chi connectivity index (χ4v) is 1.88. The summed E-state index contributed by atoms with van der Waals surface area (Å²) in [7, 11) is 0. The quantitative estimate of drug-likeness (QED) is 0.756. The van der Waals surface area contributed by atoms with E-state index >= 15 is 0 Å². The van der Waals surface area contributed by atoms with Crippen LogP contribution in [0.4, 0.5) is 4.39 Å². The van der Waals surface area contributed by atoms with Crippen LogP contribution in [0.2, 0.25) is 0 Å². The maximum absolute atomic E-state index is 12.8. The Kier molecular flexibility index (Phi) is 3.78. The van der Waals surface area contributed by atoms with Crippen molar-refractivity contribution in [2.75, 3.05) is 0 Å². The van der Waals surface area contributed by atoms with Crippen molar-refractivity contribution in [2.24, 2.45) is 0 Å². The van der Waals surface area contributed by atoms with E-state index in [2.05, 4.69) is 11.8 Å². The van der Waals surface area contributed by atoms with Crippen LogP contribution in [-0.2, 0) is 4.74 Å². The molecule has 17 heavy (non-hydrogen) atoms. The van der Waals surface area contributed by atoms with Gasteiger partial charge in [-0.3, -0.25) is 0 Å². The fraction of sp³-hybridized carbons (Fsp3) is 0.429. The standard InChI is InChI=1S/C14H15FO2/c1-10(16)2-7-13-8-9-14(17-13)11-3-5-12(15)6-4-11/h3-6,10,13-14,16H,8-9H2,1H3/t10?,13?,14-/m1/s1. The van der Waals surface area contributed by atoms with E-state index in [0.717, 1.165) is 18.4 Å². The number of benzene rings is 1. The highest BCUT2D eigenvalue weighted by Gasteiger charge is 2.25. The van der Waals surface area contributed by atoms with Crippen molar-refractivity contribution in [3.8, 4) is 11.8 Å². The molecule has 0 aliphatic carbocycles. The predicted octanol–water partition coefficient (Wildman–Crippen LogP) is 2.43. The first-order valence-corrected chi connectivity index (χ1v) is 5.75. The molecule has 1 aromatic rings. The first-order valence-electron chi connectivity index (χ1n) is 5.75. The normalized spacial score (nSPS) is 25.1. The third kappa shape index (κ3) is 3.29.